The average Bonchev–Trinajstić information content (AvgIpc) is 2.78. The molecular formula is C16H15INO5S2-. The van der Waals surface area contributed by atoms with Gasteiger partial charge in [0.2, 0.25) is 0 Å². The van der Waals surface area contributed by atoms with Crippen LogP contribution in [-0.4, -0.2) is 40.9 Å². The molecule has 0 radical (unpaired) electrons. The molecule has 0 N–H and O–H groups in total. The number of hydrogen-bond acceptors (Lipinski definition) is 7. The molecular weight excluding hydrogens is 477 g/mol. The highest BCUT2D eigenvalue weighted by Crippen LogP contribution is 2.37. The summed E-state index contributed by atoms with van der Waals surface area (Å²) in [5, 5.41) is 10.7. The van der Waals surface area contributed by atoms with Crippen LogP contribution in [0.1, 0.15) is 19.4 Å². The largest absolute Gasteiger partial charge is 0.548 e. The Morgan fingerprint density at radius 2 is 2.04 bits per heavy atom. The van der Waals surface area contributed by atoms with Crippen molar-refractivity contribution in [3.63, 3.8) is 0 Å². The number of carbonyl (C=O) groups excluding carboxylic acids is 2. The van der Waals surface area contributed by atoms with Crippen LogP contribution in [0.25, 0.3) is 6.08 Å². The molecule has 0 atom stereocenters. The summed E-state index contributed by atoms with van der Waals surface area (Å²) in [5.41, 5.74) is 0.741. The smallest absolute Gasteiger partial charge is 0.266 e. The van der Waals surface area contributed by atoms with Crippen LogP contribution in [0, 0.1) is 3.57 Å². The predicted octanol–water partition coefficient (Wildman–Crippen LogP) is 2.04. The molecule has 1 aromatic carbocycles. The minimum Gasteiger partial charge on any atom is -0.548 e. The zero-order chi connectivity index (χ0) is 18.6. The highest BCUT2D eigenvalue weighted by molar-refractivity contribution is 14.1. The highest BCUT2D eigenvalue weighted by Gasteiger charge is 2.32. The van der Waals surface area contributed by atoms with Gasteiger partial charge in [0.15, 0.2) is 11.5 Å². The van der Waals surface area contributed by atoms with Crippen molar-refractivity contribution in [2.75, 3.05) is 19.8 Å². The summed E-state index contributed by atoms with van der Waals surface area (Å²) in [6, 6.07) is 3.64. The van der Waals surface area contributed by atoms with Crippen LogP contribution in [0.3, 0.4) is 0 Å². The van der Waals surface area contributed by atoms with Gasteiger partial charge in [-0.05, 0) is 60.2 Å². The Morgan fingerprint density at radius 3 is 2.64 bits per heavy atom. The maximum Gasteiger partial charge on any atom is 0.266 e. The number of benzene rings is 1. The molecule has 1 saturated heterocycles. The summed E-state index contributed by atoms with van der Waals surface area (Å²) in [5.74, 6) is -0.549. The second kappa shape index (κ2) is 8.86. The number of amides is 1. The topological polar surface area (TPSA) is 78.9 Å². The van der Waals surface area contributed by atoms with Gasteiger partial charge < -0.3 is 19.4 Å². The molecule has 1 fully saturated rings. The number of rotatable bonds is 7. The summed E-state index contributed by atoms with van der Waals surface area (Å²) < 4.78 is 12.3. The maximum absolute atomic E-state index is 12.3. The summed E-state index contributed by atoms with van der Waals surface area (Å²) in [4.78, 5) is 24.4. The molecule has 0 unspecified atom stereocenters. The second-order valence-electron chi connectivity index (χ2n) is 4.84. The molecule has 1 heterocycles. The fourth-order valence-corrected chi connectivity index (χ4v) is 4.17. The molecule has 0 saturated carbocycles. The van der Waals surface area contributed by atoms with Gasteiger partial charge in [-0.2, -0.15) is 0 Å². The normalized spacial score (nSPS) is 15.8. The molecule has 25 heavy (non-hydrogen) atoms. The molecule has 1 amide bonds. The maximum atomic E-state index is 12.3. The van der Waals surface area contributed by atoms with Gasteiger partial charge in [-0.25, -0.2) is 0 Å². The van der Waals surface area contributed by atoms with Gasteiger partial charge in [-0.1, -0.05) is 24.0 Å². The van der Waals surface area contributed by atoms with E-state index in [9.17, 15) is 14.7 Å². The minimum atomic E-state index is -1.35. The molecule has 0 aromatic heterocycles. The highest BCUT2D eigenvalue weighted by atomic mass is 127. The van der Waals surface area contributed by atoms with Crippen LogP contribution >= 0.6 is 46.6 Å². The van der Waals surface area contributed by atoms with Crippen LogP contribution in [-0.2, 0) is 9.59 Å². The molecule has 6 nitrogen and oxygen atoms in total. The van der Waals surface area contributed by atoms with Crippen LogP contribution in [0.2, 0.25) is 0 Å². The lowest BCUT2D eigenvalue weighted by atomic mass is 10.2. The lowest BCUT2D eigenvalue weighted by molar-refractivity contribution is -0.305. The van der Waals surface area contributed by atoms with Crippen molar-refractivity contribution in [3.8, 4) is 11.5 Å². The molecule has 1 aliphatic heterocycles. The van der Waals surface area contributed by atoms with Crippen LogP contribution < -0.4 is 14.6 Å². The molecule has 1 aliphatic rings. The summed E-state index contributed by atoms with van der Waals surface area (Å²) in [6.45, 7) is 4.21. The number of ether oxygens (including phenoxy) is 2. The van der Waals surface area contributed by atoms with Crippen LogP contribution in [0.4, 0.5) is 0 Å². The Balaban J connectivity index is 2.36. The Hall–Kier alpha value is -1.33. The first kappa shape index (κ1) is 20.0. The van der Waals surface area contributed by atoms with E-state index in [1.807, 2.05) is 19.9 Å². The third-order valence-corrected chi connectivity index (χ3v) is 5.26. The van der Waals surface area contributed by atoms with Crippen molar-refractivity contribution >= 4 is 68.8 Å². The van der Waals surface area contributed by atoms with Gasteiger partial charge in [0.05, 0.1) is 34.2 Å². The molecule has 134 valence electrons. The van der Waals surface area contributed by atoms with Crippen molar-refractivity contribution in [1.29, 1.82) is 0 Å². The third kappa shape index (κ3) is 4.85. The molecule has 2 rings (SSSR count). The van der Waals surface area contributed by atoms with Crippen LogP contribution in [0.5, 0.6) is 11.5 Å². The summed E-state index contributed by atoms with van der Waals surface area (Å²) in [7, 11) is 0. The number of thioether (sulfide) groups is 1. The first-order valence-electron chi connectivity index (χ1n) is 7.41. The zero-order valence-electron chi connectivity index (χ0n) is 13.5. The molecule has 0 spiro atoms. The van der Waals surface area contributed by atoms with Gasteiger partial charge in [0, 0.05) is 0 Å². The fraction of sp³-hybridized carbons (Fsp3) is 0.312. The van der Waals surface area contributed by atoms with Gasteiger partial charge in [-0.15, -0.1) is 0 Å². The lowest BCUT2D eigenvalue weighted by Gasteiger charge is -2.14. The van der Waals surface area contributed by atoms with E-state index in [0.29, 0.717) is 29.6 Å². The fourth-order valence-electron chi connectivity index (χ4n) is 2.14. The van der Waals surface area contributed by atoms with E-state index >= 15 is 0 Å². The van der Waals surface area contributed by atoms with E-state index in [1.54, 1.807) is 12.1 Å². The van der Waals surface area contributed by atoms with E-state index < -0.39 is 18.4 Å². The van der Waals surface area contributed by atoms with Gasteiger partial charge in [0.25, 0.3) is 5.91 Å². The molecule has 9 heteroatoms. The first-order chi connectivity index (χ1) is 11.9. The van der Waals surface area contributed by atoms with Crippen molar-refractivity contribution in [2.24, 2.45) is 0 Å². The second-order valence-corrected chi connectivity index (χ2v) is 7.67. The van der Waals surface area contributed by atoms with Crippen molar-refractivity contribution in [1.82, 2.24) is 4.90 Å². The predicted molar refractivity (Wildman–Crippen MR) is 106 cm³/mol. The Bertz CT molecular complexity index is 750. The number of aliphatic carboxylic acids is 1. The van der Waals surface area contributed by atoms with Gasteiger partial charge >= 0.3 is 0 Å². The van der Waals surface area contributed by atoms with E-state index in [4.69, 9.17) is 21.7 Å². The quantitative estimate of drug-likeness (QED) is 0.328. The molecule has 0 bridgehead atoms. The monoisotopic (exact) mass is 492 g/mol. The number of carbonyl (C=O) groups is 2. The number of thiocarbonyl (C=S) groups is 1. The summed E-state index contributed by atoms with van der Waals surface area (Å²) in [6.07, 6.45) is 1.66. The van der Waals surface area contributed by atoms with Crippen molar-refractivity contribution < 1.29 is 24.2 Å². The van der Waals surface area contributed by atoms with Crippen molar-refractivity contribution in [2.45, 2.75) is 13.8 Å². The number of carboxylic acids is 1. The number of carboxylic acid groups (broad SMARTS) is 1. The number of nitrogens with zero attached hydrogens (tertiary/aromatic N) is 1. The third-order valence-electron chi connectivity index (χ3n) is 3.08. The number of hydrogen-bond donors (Lipinski definition) is 0. The lowest BCUT2D eigenvalue weighted by Crippen LogP contribution is -2.40. The standard InChI is InChI=1S/C16H16INO5S2/c1-3-22-11-6-9(5-10(17)14(11)23-4-2)7-12-15(21)18(8-13(19)20)16(24)25-12/h5-7H,3-4,8H2,1-2H3,(H,19,20)/p-1/b12-7-. The van der Waals surface area contributed by atoms with Gasteiger partial charge in [-0.3, -0.25) is 9.69 Å². The Morgan fingerprint density at radius 1 is 1.36 bits per heavy atom. The Kier molecular flexibility index (Phi) is 7.08. The Labute approximate surface area is 168 Å². The van der Waals surface area contributed by atoms with E-state index in [-0.39, 0.29) is 4.32 Å². The van der Waals surface area contributed by atoms with E-state index in [1.165, 1.54) is 0 Å². The van der Waals surface area contributed by atoms with Crippen molar-refractivity contribution in [3.05, 3.63) is 26.2 Å². The van der Waals surface area contributed by atoms with E-state index in [2.05, 4.69) is 22.6 Å². The summed E-state index contributed by atoms with van der Waals surface area (Å²) >= 11 is 8.27. The zero-order valence-corrected chi connectivity index (χ0v) is 17.3. The van der Waals surface area contributed by atoms with Crippen LogP contribution in [0.15, 0.2) is 17.0 Å². The average molecular weight is 492 g/mol. The van der Waals surface area contributed by atoms with Gasteiger partial charge in [0.1, 0.15) is 4.32 Å². The minimum absolute atomic E-state index is 0.200. The number of halogens is 1. The molecule has 1 aromatic rings. The van der Waals surface area contributed by atoms with E-state index in [0.717, 1.165) is 25.8 Å². The SMILES string of the molecule is CCOc1cc(/C=C2\SC(=S)N(CC(=O)[O-])C2=O)cc(I)c1OCC. The first-order valence-corrected chi connectivity index (χ1v) is 9.72. The molecule has 0 aliphatic carbocycles.